The molecule has 1 aromatic rings. The largest absolute Gasteiger partial charge is 0.464 e. The summed E-state index contributed by atoms with van der Waals surface area (Å²) in [4.78, 5) is 23.1. The first-order valence-corrected chi connectivity index (χ1v) is 5.70. The van der Waals surface area contributed by atoms with E-state index in [1.807, 2.05) is 18.2 Å². The summed E-state index contributed by atoms with van der Waals surface area (Å²) < 4.78 is 4.95. The van der Waals surface area contributed by atoms with Crippen LogP contribution in [-0.2, 0) is 14.3 Å². The maximum atomic E-state index is 11.8. The highest BCUT2D eigenvalue weighted by Crippen LogP contribution is 2.14. The normalized spacial score (nSPS) is 11.6. The van der Waals surface area contributed by atoms with Gasteiger partial charge in [-0.05, 0) is 12.5 Å². The zero-order valence-corrected chi connectivity index (χ0v) is 10.1. The average Bonchev–Trinajstić information content (AvgIpc) is 2.36. The van der Waals surface area contributed by atoms with Crippen molar-refractivity contribution in [1.82, 2.24) is 5.32 Å². The van der Waals surface area contributed by atoms with Crippen LogP contribution in [0, 0.1) is 0 Å². The average molecular weight is 235 g/mol. The zero-order chi connectivity index (χ0) is 12.7. The highest BCUT2D eigenvalue weighted by Gasteiger charge is 2.22. The molecule has 0 aromatic heterocycles. The summed E-state index contributed by atoms with van der Waals surface area (Å²) in [7, 11) is 0. The molecule has 0 aliphatic carbocycles. The van der Waals surface area contributed by atoms with Crippen LogP contribution >= 0.6 is 0 Å². The molecule has 0 aliphatic rings. The van der Waals surface area contributed by atoms with Crippen molar-refractivity contribution in [3.63, 3.8) is 0 Å². The topological polar surface area (TPSA) is 55.4 Å². The molecule has 0 fully saturated rings. The lowest BCUT2D eigenvalue weighted by Crippen LogP contribution is -2.34. The number of rotatable bonds is 5. The molecule has 1 unspecified atom stereocenters. The van der Waals surface area contributed by atoms with Crippen LogP contribution in [-0.4, -0.2) is 18.5 Å². The second-order valence-electron chi connectivity index (χ2n) is 3.52. The van der Waals surface area contributed by atoms with E-state index in [4.69, 9.17) is 4.74 Å². The van der Waals surface area contributed by atoms with Gasteiger partial charge in [-0.2, -0.15) is 0 Å². The fourth-order valence-electron chi connectivity index (χ4n) is 1.41. The van der Waals surface area contributed by atoms with E-state index >= 15 is 0 Å². The van der Waals surface area contributed by atoms with Crippen molar-refractivity contribution in [2.24, 2.45) is 0 Å². The van der Waals surface area contributed by atoms with Gasteiger partial charge in [0.05, 0.1) is 6.61 Å². The fraction of sp³-hybridized carbons (Fsp3) is 0.385. The van der Waals surface area contributed by atoms with Crippen LogP contribution in [0.25, 0.3) is 0 Å². The third kappa shape index (κ3) is 3.90. The number of carbonyl (C=O) groups excluding carboxylic acids is 2. The van der Waals surface area contributed by atoms with E-state index in [0.717, 1.165) is 5.56 Å². The maximum absolute atomic E-state index is 11.8. The summed E-state index contributed by atoms with van der Waals surface area (Å²) in [6.45, 7) is 3.77. The monoisotopic (exact) mass is 235 g/mol. The summed E-state index contributed by atoms with van der Waals surface area (Å²) in [6, 6.07) is 8.35. The van der Waals surface area contributed by atoms with Crippen LogP contribution in [0.15, 0.2) is 30.3 Å². The summed E-state index contributed by atoms with van der Waals surface area (Å²) in [5, 5.41) is 2.65. The number of amides is 1. The first kappa shape index (κ1) is 13.2. The SMILES string of the molecule is CCOC(=O)C(NC(=O)CC)c1ccccc1. The summed E-state index contributed by atoms with van der Waals surface area (Å²) in [6.07, 6.45) is 0.336. The standard InChI is InChI=1S/C13H17NO3/c1-3-11(15)14-12(13(16)17-4-2)10-8-6-5-7-9-10/h5-9,12H,3-4H2,1-2H3,(H,14,15). The van der Waals surface area contributed by atoms with Gasteiger partial charge >= 0.3 is 5.97 Å². The van der Waals surface area contributed by atoms with E-state index in [9.17, 15) is 9.59 Å². The first-order valence-electron chi connectivity index (χ1n) is 5.70. The number of carbonyl (C=O) groups is 2. The van der Waals surface area contributed by atoms with Gasteiger partial charge in [-0.3, -0.25) is 4.79 Å². The number of benzene rings is 1. The second-order valence-corrected chi connectivity index (χ2v) is 3.52. The maximum Gasteiger partial charge on any atom is 0.333 e. The minimum absolute atomic E-state index is 0.174. The van der Waals surface area contributed by atoms with Crippen LogP contribution in [0.5, 0.6) is 0 Å². The molecule has 0 aliphatic heterocycles. The van der Waals surface area contributed by atoms with Crippen LogP contribution < -0.4 is 5.32 Å². The molecular formula is C13H17NO3. The van der Waals surface area contributed by atoms with E-state index in [2.05, 4.69) is 5.32 Å². The van der Waals surface area contributed by atoms with E-state index in [1.165, 1.54) is 0 Å². The minimum atomic E-state index is -0.719. The first-order chi connectivity index (χ1) is 8.19. The molecule has 0 saturated carbocycles. The van der Waals surface area contributed by atoms with Gasteiger partial charge < -0.3 is 10.1 Å². The Balaban J connectivity index is 2.86. The smallest absolute Gasteiger partial charge is 0.333 e. The van der Waals surface area contributed by atoms with E-state index < -0.39 is 12.0 Å². The molecule has 0 heterocycles. The lowest BCUT2D eigenvalue weighted by molar-refractivity contribution is -0.147. The van der Waals surface area contributed by atoms with Gasteiger partial charge in [0.2, 0.25) is 5.91 Å². The quantitative estimate of drug-likeness (QED) is 0.792. The predicted molar refractivity (Wildman–Crippen MR) is 64.2 cm³/mol. The van der Waals surface area contributed by atoms with Gasteiger partial charge in [0.25, 0.3) is 0 Å². The molecule has 1 aromatic carbocycles. The molecule has 4 nitrogen and oxygen atoms in total. The van der Waals surface area contributed by atoms with Crippen LogP contribution in [0.3, 0.4) is 0 Å². The summed E-state index contributed by atoms with van der Waals surface area (Å²) in [5.74, 6) is -0.604. The van der Waals surface area contributed by atoms with Gasteiger partial charge in [-0.15, -0.1) is 0 Å². The van der Waals surface area contributed by atoms with Crippen molar-refractivity contribution < 1.29 is 14.3 Å². The number of nitrogens with one attached hydrogen (secondary N) is 1. The molecule has 4 heteroatoms. The van der Waals surface area contributed by atoms with Gasteiger partial charge in [0.15, 0.2) is 6.04 Å². The fourth-order valence-corrected chi connectivity index (χ4v) is 1.41. The third-order valence-electron chi connectivity index (χ3n) is 2.28. The highest BCUT2D eigenvalue weighted by atomic mass is 16.5. The molecule has 0 bridgehead atoms. The Kier molecular flexibility index (Phi) is 5.20. The minimum Gasteiger partial charge on any atom is -0.464 e. The third-order valence-corrected chi connectivity index (χ3v) is 2.28. The molecule has 0 radical (unpaired) electrons. The molecular weight excluding hydrogens is 218 g/mol. The number of esters is 1. The lowest BCUT2D eigenvalue weighted by atomic mass is 10.1. The van der Waals surface area contributed by atoms with Crippen molar-refractivity contribution in [1.29, 1.82) is 0 Å². The Hall–Kier alpha value is -1.84. The summed E-state index contributed by atoms with van der Waals surface area (Å²) in [5.41, 5.74) is 0.729. The lowest BCUT2D eigenvalue weighted by Gasteiger charge is -2.17. The molecule has 0 spiro atoms. The van der Waals surface area contributed by atoms with Crippen molar-refractivity contribution in [2.75, 3.05) is 6.61 Å². The second kappa shape index (κ2) is 6.68. The Morgan fingerprint density at radius 1 is 1.24 bits per heavy atom. The molecule has 1 N–H and O–H groups in total. The predicted octanol–water partition coefficient (Wildman–Crippen LogP) is 1.82. The van der Waals surface area contributed by atoms with Crippen molar-refractivity contribution in [3.8, 4) is 0 Å². The summed E-state index contributed by atoms with van der Waals surface area (Å²) >= 11 is 0. The van der Waals surface area contributed by atoms with Gasteiger partial charge in [-0.1, -0.05) is 37.3 Å². The Labute approximate surface area is 101 Å². The van der Waals surface area contributed by atoms with E-state index in [-0.39, 0.29) is 5.91 Å². The number of hydrogen-bond donors (Lipinski definition) is 1. The Bertz CT molecular complexity index is 376. The van der Waals surface area contributed by atoms with Gasteiger partial charge in [0.1, 0.15) is 0 Å². The Morgan fingerprint density at radius 3 is 2.41 bits per heavy atom. The molecule has 1 atom stereocenters. The molecule has 17 heavy (non-hydrogen) atoms. The van der Waals surface area contributed by atoms with Crippen molar-refractivity contribution >= 4 is 11.9 Å². The Morgan fingerprint density at radius 2 is 1.88 bits per heavy atom. The highest BCUT2D eigenvalue weighted by molar-refractivity contribution is 5.85. The number of ether oxygens (including phenoxy) is 1. The van der Waals surface area contributed by atoms with Crippen LogP contribution in [0.2, 0.25) is 0 Å². The molecule has 1 amide bonds. The van der Waals surface area contributed by atoms with Gasteiger partial charge in [-0.25, -0.2) is 4.79 Å². The molecule has 92 valence electrons. The van der Waals surface area contributed by atoms with Crippen molar-refractivity contribution in [2.45, 2.75) is 26.3 Å². The van der Waals surface area contributed by atoms with Gasteiger partial charge in [0, 0.05) is 6.42 Å². The van der Waals surface area contributed by atoms with Crippen LogP contribution in [0.4, 0.5) is 0 Å². The van der Waals surface area contributed by atoms with Crippen LogP contribution in [0.1, 0.15) is 31.9 Å². The molecule has 1 rings (SSSR count). The zero-order valence-electron chi connectivity index (χ0n) is 10.1. The number of hydrogen-bond acceptors (Lipinski definition) is 3. The van der Waals surface area contributed by atoms with E-state index in [1.54, 1.807) is 26.0 Å². The van der Waals surface area contributed by atoms with Crippen molar-refractivity contribution in [3.05, 3.63) is 35.9 Å². The van der Waals surface area contributed by atoms with E-state index in [0.29, 0.717) is 13.0 Å². The molecule has 0 saturated heterocycles.